The quantitative estimate of drug-likeness (QED) is 0.870. The zero-order valence-corrected chi connectivity index (χ0v) is 12.4. The van der Waals surface area contributed by atoms with Crippen molar-refractivity contribution >= 4 is 11.8 Å². The summed E-state index contributed by atoms with van der Waals surface area (Å²) in [6, 6.07) is 10.6. The average molecular weight is 273 g/mol. The van der Waals surface area contributed by atoms with E-state index in [4.69, 9.17) is 5.73 Å². The zero-order valence-electron chi connectivity index (χ0n) is 11.6. The molecule has 19 heavy (non-hydrogen) atoms. The molecular weight excluding hydrogens is 254 g/mol. The van der Waals surface area contributed by atoms with Crippen LogP contribution in [-0.4, -0.2) is 16.0 Å². The van der Waals surface area contributed by atoms with E-state index in [-0.39, 0.29) is 6.04 Å². The first-order chi connectivity index (χ1) is 9.02. The van der Waals surface area contributed by atoms with Gasteiger partial charge in [-0.05, 0) is 62.7 Å². The minimum atomic E-state index is 0.196. The highest BCUT2D eigenvalue weighted by Gasteiger charge is 2.03. The van der Waals surface area contributed by atoms with Gasteiger partial charge in [-0.2, -0.15) is 0 Å². The molecule has 1 aromatic carbocycles. The first-order valence-corrected chi connectivity index (χ1v) is 7.19. The van der Waals surface area contributed by atoms with E-state index in [1.165, 1.54) is 5.56 Å². The van der Waals surface area contributed by atoms with Gasteiger partial charge >= 0.3 is 0 Å². The Morgan fingerprint density at radius 3 is 2.21 bits per heavy atom. The molecule has 0 fully saturated rings. The molecule has 0 aliphatic heterocycles. The zero-order chi connectivity index (χ0) is 13.8. The fraction of sp³-hybridized carbons (Fsp3) is 0.333. The molecule has 0 aliphatic rings. The Hall–Kier alpha value is -1.39. The van der Waals surface area contributed by atoms with Crippen LogP contribution in [0.4, 0.5) is 0 Å². The lowest BCUT2D eigenvalue weighted by Gasteiger charge is -2.06. The van der Waals surface area contributed by atoms with Gasteiger partial charge in [0.1, 0.15) is 0 Å². The lowest BCUT2D eigenvalue weighted by Crippen LogP contribution is -2.17. The van der Waals surface area contributed by atoms with E-state index in [2.05, 4.69) is 34.2 Å². The number of nitrogens with two attached hydrogens (primary N) is 1. The van der Waals surface area contributed by atoms with Crippen molar-refractivity contribution in [3.63, 3.8) is 0 Å². The van der Waals surface area contributed by atoms with Crippen molar-refractivity contribution in [1.82, 2.24) is 9.97 Å². The van der Waals surface area contributed by atoms with Crippen molar-refractivity contribution in [2.45, 2.75) is 43.3 Å². The van der Waals surface area contributed by atoms with Gasteiger partial charge in [0, 0.05) is 22.3 Å². The molecule has 0 aliphatic carbocycles. The molecule has 1 unspecified atom stereocenters. The van der Waals surface area contributed by atoms with E-state index in [9.17, 15) is 0 Å². The van der Waals surface area contributed by atoms with Crippen molar-refractivity contribution in [2.24, 2.45) is 5.73 Å². The first kappa shape index (κ1) is 14.0. The molecule has 0 saturated heterocycles. The number of rotatable bonds is 4. The molecule has 3 nitrogen and oxygen atoms in total. The first-order valence-electron chi connectivity index (χ1n) is 6.37. The molecule has 0 saturated carbocycles. The Bertz CT molecular complexity index is 530. The highest BCUT2D eigenvalue weighted by atomic mass is 32.2. The van der Waals surface area contributed by atoms with E-state index in [1.807, 2.05) is 26.8 Å². The standard InChI is InChI=1S/C15H19N3S/c1-10(16)8-13-4-6-14(7-5-13)19-15-17-11(2)9-12(3)18-15/h4-7,9-10H,8,16H2,1-3H3. The van der Waals surface area contributed by atoms with E-state index in [0.717, 1.165) is 27.9 Å². The third-order valence-electron chi connectivity index (χ3n) is 2.65. The molecule has 0 spiro atoms. The summed E-state index contributed by atoms with van der Waals surface area (Å²) in [6.07, 6.45) is 0.908. The Labute approximate surface area is 118 Å². The highest BCUT2D eigenvalue weighted by molar-refractivity contribution is 7.99. The van der Waals surface area contributed by atoms with Gasteiger partial charge in [-0.15, -0.1) is 0 Å². The van der Waals surface area contributed by atoms with Gasteiger partial charge < -0.3 is 5.73 Å². The van der Waals surface area contributed by atoms with Gasteiger partial charge in [0.2, 0.25) is 0 Å². The predicted molar refractivity (Wildman–Crippen MR) is 79.4 cm³/mol. The molecule has 0 bridgehead atoms. The summed E-state index contributed by atoms with van der Waals surface area (Å²) in [4.78, 5) is 10.0. The van der Waals surface area contributed by atoms with E-state index >= 15 is 0 Å². The van der Waals surface area contributed by atoms with Gasteiger partial charge in [-0.3, -0.25) is 0 Å². The Balaban J connectivity index is 2.10. The van der Waals surface area contributed by atoms with Crippen molar-refractivity contribution in [2.75, 3.05) is 0 Å². The average Bonchev–Trinajstić information content (AvgIpc) is 2.29. The number of benzene rings is 1. The molecule has 4 heteroatoms. The second-order valence-corrected chi connectivity index (χ2v) is 5.90. The van der Waals surface area contributed by atoms with Crippen LogP contribution in [0.2, 0.25) is 0 Å². The summed E-state index contributed by atoms with van der Waals surface area (Å²) in [5, 5.41) is 0.803. The van der Waals surface area contributed by atoms with Crippen LogP contribution in [0.3, 0.4) is 0 Å². The maximum absolute atomic E-state index is 5.79. The van der Waals surface area contributed by atoms with Gasteiger partial charge in [-0.25, -0.2) is 9.97 Å². The maximum Gasteiger partial charge on any atom is 0.192 e. The van der Waals surface area contributed by atoms with E-state index in [1.54, 1.807) is 11.8 Å². The van der Waals surface area contributed by atoms with Crippen LogP contribution in [0.25, 0.3) is 0 Å². The molecular formula is C15H19N3S. The van der Waals surface area contributed by atoms with Crippen molar-refractivity contribution in [3.8, 4) is 0 Å². The normalized spacial score (nSPS) is 12.4. The fourth-order valence-corrected chi connectivity index (χ4v) is 2.77. The number of hydrogen-bond acceptors (Lipinski definition) is 4. The lowest BCUT2D eigenvalue weighted by atomic mass is 10.1. The van der Waals surface area contributed by atoms with E-state index < -0.39 is 0 Å². The van der Waals surface area contributed by atoms with Crippen LogP contribution in [0.1, 0.15) is 23.9 Å². The smallest absolute Gasteiger partial charge is 0.192 e. The van der Waals surface area contributed by atoms with Crippen LogP contribution in [0.5, 0.6) is 0 Å². The molecule has 0 amide bonds. The van der Waals surface area contributed by atoms with Crippen molar-refractivity contribution in [3.05, 3.63) is 47.3 Å². The third kappa shape index (κ3) is 4.33. The highest BCUT2D eigenvalue weighted by Crippen LogP contribution is 2.25. The van der Waals surface area contributed by atoms with Gasteiger partial charge in [0.15, 0.2) is 5.16 Å². The number of aromatic nitrogens is 2. The van der Waals surface area contributed by atoms with Crippen molar-refractivity contribution < 1.29 is 0 Å². The molecule has 2 aromatic rings. The van der Waals surface area contributed by atoms with Crippen LogP contribution in [-0.2, 0) is 6.42 Å². The fourth-order valence-electron chi connectivity index (χ4n) is 1.91. The summed E-state index contributed by atoms with van der Waals surface area (Å²) in [5.41, 5.74) is 9.07. The Morgan fingerprint density at radius 2 is 1.68 bits per heavy atom. The van der Waals surface area contributed by atoms with Gasteiger partial charge in [0.25, 0.3) is 0 Å². The predicted octanol–water partition coefficient (Wildman–Crippen LogP) is 3.13. The molecule has 100 valence electrons. The second-order valence-electron chi connectivity index (χ2n) is 4.86. The summed E-state index contributed by atoms with van der Waals surface area (Å²) >= 11 is 1.59. The second kappa shape index (κ2) is 6.17. The summed E-state index contributed by atoms with van der Waals surface area (Å²) in [7, 11) is 0. The van der Waals surface area contributed by atoms with E-state index in [0.29, 0.717) is 0 Å². The number of aryl methyl sites for hydroxylation is 2. The largest absolute Gasteiger partial charge is 0.328 e. The Morgan fingerprint density at radius 1 is 1.11 bits per heavy atom. The summed E-state index contributed by atoms with van der Waals surface area (Å²) in [5.74, 6) is 0. The number of hydrogen-bond donors (Lipinski definition) is 1. The topological polar surface area (TPSA) is 51.8 Å². The summed E-state index contributed by atoms with van der Waals surface area (Å²) in [6.45, 7) is 6.00. The number of nitrogens with zero attached hydrogens (tertiary/aromatic N) is 2. The van der Waals surface area contributed by atoms with Crippen LogP contribution in [0, 0.1) is 13.8 Å². The molecule has 0 radical (unpaired) electrons. The summed E-state index contributed by atoms with van der Waals surface area (Å²) < 4.78 is 0. The maximum atomic E-state index is 5.79. The molecule has 2 rings (SSSR count). The molecule has 1 atom stereocenters. The van der Waals surface area contributed by atoms with Crippen LogP contribution in [0.15, 0.2) is 40.4 Å². The minimum absolute atomic E-state index is 0.196. The SMILES string of the molecule is Cc1cc(C)nc(Sc2ccc(CC(C)N)cc2)n1. The third-order valence-corrected chi connectivity index (χ3v) is 3.52. The van der Waals surface area contributed by atoms with Crippen LogP contribution >= 0.6 is 11.8 Å². The lowest BCUT2D eigenvalue weighted by molar-refractivity contribution is 0.737. The van der Waals surface area contributed by atoms with Gasteiger partial charge in [0.05, 0.1) is 0 Å². The minimum Gasteiger partial charge on any atom is -0.328 e. The molecule has 2 N–H and O–H groups in total. The van der Waals surface area contributed by atoms with Gasteiger partial charge in [-0.1, -0.05) is 12.1 Å². The monoisotopic (exact) mass is 273 g/mol. The van der Waals surface area contributed by atoms with Crippen LogP contribution < -0.4 is 5.73 Å². The Kier molecular flexibility index (Phi) is 4.56. The van der Waals surface area contributed by atoms with Crippen molar-refractivity contribution in [1.29, 1.82) is 0 Å². The molecule has 1 heterocycles. The molecule has 1 aromatic heterocycles.